The summed E-state index contributed by atoms with van der Waals surface area (Å²) in [5.41, 5.74) is 2.86. The number of anilines is 1. The molecule has 1 amide bonds. The van der Waals surface area contributed by atoms with Crippen molar-refractivity contribution in [2.24, 2.45) is 5.92 Å². The van der Waals surface area contributed by atoms with Crippen LogP contribution in [-0.2, 0) is 16.1 Å². The van der Waals surface area contributed by atoms with Gasteiger partial charge in [0.15, 0.2) is 0 Å². The zero-order valence-electron chi connectivity index (χ0n) is 17.5. The van der Waals surface area contributed by atoms with Gasteiger partial charge in [-0.05, 0) is 25.7 Å². The minimum atomic E-state index is -0.0633. The minimum absolute atomic E-state index is 0.0633. The quantitative estimate of drug-likeness (QED) is 0.704. The van der Waals surface area contributed by atoms with Gasteiger partial charge < -0.3 is 19.1 Å². The average molecular weight is 398 g/mol. The summed E-state index contributed by atoms with van der Waals surface area (Å²) < 4.78 is 11.7. The first kappa shape index (κ1) is 20.0. The van der Waals surface area contributed by atoms with Crippen molar-refractivity contribution < 1.29 is 14.1 Å². The van der Waals surface area contributed by atoms with Crippen molar-refractivity contribution >= 4 is 11.8 Å². The van der Waals surface area contributed by atoms with Crippen LogP contribution in [0, 0.1) is 5.92 Å². The molecular weight excluding hydrogens is 366 g/mol. The Balaban J connectivity index is 1.67. The molecule has 2 aliphatic rings. The van der Waals surface area contributed by atoms with Gasteiger partial charge in [-0.1, -0.05) is 49.3 Å². The summed E-state index contributed by atoms with van der Waals surface area (Å²) in [6, 6.07) is 10.1. The van der Waals surface area contributed by atoms with E-state index in [1.807, 2.05) is 49.1 Å². The standard InChI is InChI=1S/C23H31N3O3/c1-17(2)22(27)26(15-19-11-8-14-28-19)16-20-21(18-9-4-3-5-10-18)24-29-23(20)25-12-6-7-13-25/h3-5,9-10,17,19H,6-8,11-16H2,1-2H3. The molecule has 0 saturated carbocycles. The van der Waals surface area contributed by atoms with Crippen molar-refractivity contribution in [2.45, 2.75) is 52.2 Å². The third-order valence-electron chi connectivity index (χ3n) is 5.81. The molecule has 0 bridgehead atoms. The Labute approximate surface area is 172 Å². The van der Waals surface area contributed by atoms with Gasteiger partial charge in [0.05, 0.1) is 18.2 Å². The van der Waals surface area contributed by atoms with E-state index in [0.717, 1.165) is 68.1 Å². The first-order valence-corrected chi connectivity index (χ1v) is 10.8. The van der Waals surface area contributed by atoms with Crippen LogP contribution in [0.25, 0.3) is 11.3 Å². The molecule has 1 aromatic heterocycles. The highest BCUT2D eigenvalue weighted by molar-refractivity contribution is 5.79. The van der Waals surface area contributed by atoms with Gasteiger partial charge >= 0.3 is 0 Å². The van der Waals surface area contributed by atoms with E-state index in [1.54, 1.807) is 0 Å². The highest BCUT2D eigenvalue weighted by Gasteiger charge is 2.30. The van der Waals surface area contributed by atoms with Crippen molar-refractivity contribution in [3.63, 3.8) is 0 Å². The summed E-state index contributed by atoms with van der Waals surface area (Å²) >= 11 is 0. The van der Waals surface area contributed by atoms with E-state index < -0.39 is 0 Å². The summed E-state index contributed by atoms with van der Waals surface area (Å²) in [7, 11) is 0. The third kappa shape index (κ3) is 4.47. The Morgan fingerprint density at radius 3 is 2.62 bits per heavy atom. The fraction of sp³-hybridized carbons (Fsp3) is 0.565. The van der Waals surface area contributed by atoms with Crippen molar-refractivity contribution in [2.75, 3.05) is 31.1 Å². The predicted molar refractivity (Wildman–Crippen MR) is 113 cm³/mol. The van der Waals surface area contributed by atoms with Crippen LogP contribution in [0.3, 0.4) is 0 Å². The molecule has 2 aromatic rings. The summed E-state index contributed by atoms with van der Waals surface area (Å²) in [5, 5.41) is 4.43. The van der Waals surface area contributed by atoms with E-state index in [4.69, 9.17) is 9.26 Å². The predicted octanol–water partition coefficient (Wildman–Crippen LogP) is 4.11. The lowest BCUT2D eigenvalue weighted by Crippen LogP contribution is -2.39. The number of aromatic nitrogens is 1. The first-order chi connectivity index (χ1) is 14.1. The van der Waals surface area contributed by atoms with E-state index in [0.29, 0.717) is 13.1 Å². The summed E-state index contributed by atoms with van der Waals surface area (Å²) in [6.07, 6.45) is 4.51. The van der Waals surface area contributed by atoms with Gasteiger partial charge in [0.25, 0.3) is 0 Å². The van der Waals surface area contributed by atoms with Crippen LogP contribution < -0.4 is 4.90 Å². The maximum Gasteiger partial charge on any atom is 0.232 e. The lowest BCUT2D eigenvalue weighted by Gasteiger charge is -2.28. The highest BCUT2D eigenvalue weighted by Crippen LogP contribution is 2.34. The number of benzene rings is 1. The van der Waals surface area contributed by atoms with Crippen LogP contribution in [0.4, 0.5) is 5.88 Å². The molecule has 1 aromatic carbocycles. The number of nitrogens with zero attached hydrogens (tertiary/aromatic N) is 3. The molecule has 0 aliphatic carbocycles. The first-order valence-electron chi connectivity index (χ1n) is 10.8. The van der Waals surface area contributed by atoms with Crippen molar-refractivity contribution in [3.05, 3.63) is 35.9 Å². The molecule has 0 spiro atoms. The molecule has 1 unspecified atom stereocenters. The molecule has 0 N–H and O–H groups in total. The Kier molecular flexibility index (Phi) is 6.19. The van der Waals surface area contributed by atoms with E-state index in [1.165, 1.54) is 0 Å². The van der Waals surface area contributed by atoms with Gasteiger partial charge in [0, 0.05) is 37.7 Å². The number of hydrogen-bond donors (Lipinski definition) is 0. The van der Waals surface area contributed by atoms with Crippen molar-refractivity contribution in [1.29, 1.82) is 0 Å². The maximum absolute atomic E-state index is 13.0. The second kappa shape index (κ2) is 8.99. The number of carbonyl (C=O) groups excluding carboxylic acids is 1. The van der Waals surface area contributed by atoms with E-state index >= 15 is 0 Å². The largest absolute Gasteiger partial charge is 0.376 e. The molecule has 0 radical (unpaired) electrons. The molecule has 3 heterocycles. The fourth-order valence-electron chi connectivity index (χ4n) is 4.26. The number of ether oxygens (including phenoxy) is 1. The Bertz CT molecular complexity index is 806. The Morgan fingerprint density at radius 1 is 1.21 bits per heavy atom. The molecule has 2 saturated heterocycles. The number of rotatable bonds is 7. The fourth-order valence-corrected chi connectivity index (χ4v) is 4.26. The number of carbonyl (C=O) groups is 1. The molecule has 29 heavy (non-hydrogen) atoms. The SMILES string of the molecule is CC(C)C(=O)N(Cc1c(-c2ccccc2)noc1N1CCCC1)CC1CCCO1. The summed E-state index contributed by atoms with van der Waals surface area (Å²) in [4.78, 5) is 17.2. The van der Waals surface area contributed by atoms with E-state index in [2.05, 4.69) is 10.1 Å². The normalized spacial score (nSPS) is 19.3. The van der Waals surface area contributed by atoms with Crippen LogP contribution in [0.2, 0.25) is 0 Å². The van der Waals surface area contributed by atoms with Crippen LogP contribution in [0.1, 0.15) is 45.1 Å². The maximum atomic E-state index is 13.0. The van der Waals surface area contributed by atoms with E-state index in [9.17, 15) is 4.79 Å². The molecule has 1 atom stereocenters. The Morgan fingerprint density at radius 2 is 1.97 bits per heavy atom. The van der Waals surface area contributed by atoms with Gasteiger partial charge in [0.1, 0.15) is 5.69 Å². The number of amides is 1. The van der Waals surface area contributed by atoms with Gasteiger partial charge in [-0.25, -0.2) is 0 Å². The zero-order chi connectivity index (χ0) is 20.2. The second-order valence-corrected chi connectivity index (χ2v) is 8.38. The Hall–Kier alpha value is -2.34. The smallest absolute Gasteiger partial charge is 0.232 e. The lowest BCUT2D eigenvalue weighted by atomic mass is 10.1. The summed E-state index contributed by atoms with van der Waals surface area (Å²) in [6.45, 7) is 7.76. The summed E-state index contributed by atoms with van der Waals surface area (Å²) in [5.74, 6) is 0.898. The van der Waals surface area contributed by atoms with Gasteiger partial charge in [-0.15, -0.1) is 0 Å². The van der Waals surface area contributed by atoms with Gasteiger partial charge in [-0.3, -0.25) is 4.79 Å². The minimum Gasteiger partial charge on any atom is -0.376 e. The van der Waals surface area contributed by atoms with Crippen molar-refractivity contribution in [3.8, 4) is 11.3 Å². The lowest BCUT2D eigenvalue weighted by molar-refractivity contribution is -0.136. The molecular formula is C23H31N3O3. The van der Waals surface area contributed by atoms with Gasteiger partial charge in [0.2, 0.25) is 11.8 Å². The molecule has 6 nitrogen and oxygen atoms in total. The monoisotopic (exact) mass is 397 g/mol. The average Bonchev–Trinajstić information content (AvgIpc) is 3.49. The van der Waals surface area contributed by atoms with E-state index in [-0.39, 0.29) is 17.9 Å². The van der Waals surface area contributed by atoms with Gasteiger partial charge in [-0.2, -0.15) is 0 Å². The van der Waals surface area contributed by atoms with Crippen LogP contribution in [0.5, 0.6) is 0 Å². The third-order valence-corrected chi connectivity index (χ3v) is 5.81. The molecule has 4 rings (SSSR count). The zero-order valence-corrected chi connectivity index (χ0v) is 17.5. The highest BCUT2D eigenvalue weighted by atomic mass is 16.5. The van der Waals surface area contributed by atoms with Crippen molar-refractivity contribution in [1.82, 2.24) is 10.1 Å². The van der Waals surface area contributed by atoms with Crippen LogP contribution in [-0.4, -0.2) is 48.3 Å². The molecule has 156 valence electrons. The molecule has 2 fully saturated rings. The molecule has 2 aliphatic heterocycles. The van der Waals surface area contributed by atoms with Crippen LogP contribution in [0.15, 0.2) is 34.9 Å². The topological polar surface area (TPSA) is 58.8 Å². The molecule has 6 heteroatoms. The second-order valence-electron chi connectivity index (χ2n) is 8.38. The van der Waals surface area contributed by atoms with Crippen LogP contribution >= 0.6 is 0 Å². The number of hydrogen-bond acceptors (Lipinski definition) is 5.